The molecule has 0 unspecified atom stereocenters. The van der Waals surface area contributed by atoms with Crippen LogP contribution in [0.1, 0.15) is 16.8 Å². The van der Waals surface area contributed by atoms with E-state index in [-0.39, 0.29) is 5.56 Å². The molecule has 2 aromatic heterocycles. The Morgan fingerprint density at radius 3 is 2.84 bits per heavy atom. The SMILES string of the molecule is COc1cc2c(Nc3cc(C(=O)O)cs3)ncnc2cc1OCCCN1CCOCC1. The maximum Gasteiger partial charge on any atom is 0.336 e. The Bertz CT molecular complexity index is 1050. The highest BCUT2D eigenvalue weighted by molar-refractivity contribution is 7.14. The second-order valence-electron chi connectivity index (χ2n) is 7.03. The number of rotatable bonds is 9. The highest BCUT2D eigenvalue weighted by atomic mass is 32.1. The number of carbonyl (C=O) groups is 1. The maximum absolute atomic E-state index is 11.1. The highest BCUT2D eigenvalue weighted by Gasteiger charge is 2.14. The average molecular weight is 445 g/mol. The summed E-state index contributed by atoms with van der Waals surface area (Å²) in [5.41, 5.74) is 0.938. The minimum Gasteiger partial charge on any atom is -0.493 e. The number of benzene rings is 1. The normalized spacial score (nSPS) is 14.5. The lowest BCUT2D eigenvalue weighted by Crippen LogP contribution is -2.37. The zero-order valence-electron chi connectivity index (χ0n) is 17.2. The monoisotopic (exact) mass is 444 g/mol. The van der Waals surface area contributed by atoms with Crippen molar-refractivity contribution in [3.8, 4) is 11.5 Å². The molecule has 0 atom stereocenters. The van der Waals surface area contributed by atoms with Gasteiger partial charge in [-0.2, -0.15) is 0 Å². The second-order valence-corrected chi connectivity index (χ2v) is 7.94. The number of hydrogen-bond acceptors (Lipinski definition) is 9. The summed E-state index contributed by atoms with van der Waals surface area (Å²) in [6.45, 7) is 5.04. The zero-order valence-corrected chi connectivity index (χ0v) is 18.0. The lowest BCUT2D eigenvalue weighted by Gasteiger charge is -2.26. The lowest BCUT2D eigenvalue weighted by atomic mass is 10.2. The second kappa shape index (κ2) is 9.90. The summed E-state index contributed by atoms with van der Waals surface area (Å²) in [6.07, 6.45) is 2.37. The molecule has 164 valence electrons. The van der Waals surface area contributed by atoms with Crippen molar-refractivity contribution >= 4 is 39.0 Å². The number of nitrogens with zero attached hydrogens (tertiary/aromatic N) is 3. The van der Waals surface area contributed by atoms with Crippen molar-refractivity contribution in [2.75, 3.05) is 51.9 Å². The number of morpholine rings is 1. The van der Waals surface area contributed by atoms with Crippen LogP contribution in [0.15, 0.2) is 29.9 Å². The van der Waals surface area contributed by atoms with E-state index in [9.17, 15) is 4.79 Å². The Labute approximate surface area is 183 Å². The van der Waals surface area contributed by atoms with Gasteiger partial charge in [0.2, 0.25) is 0 Å². The number of nitrogens with one attached hydrogen (secondary N) is 1. The van der Waals surface area contributed by atoms with Crippen LogP contribution in [-0.2, 0) is 4.74 Å². The number of thiophene rings is 1. The molecule has 0 saturated carbocycles. The summed E-state index contributed by atoms with van der Waals surface area (Å²) in [5.74, 6) is 0.829. The number of carboxylic acid groups (broad SMARTS) is 1. The van der Waals surface area contributed by atoms with E-state index in [0.29, 0.717) is 34.4 Å². The first kappa shape index (κ1) is 21.3. The fourth-order valence-electron chi connectivity index (χ4n) is 3.36. The molecule has 3 aromatic rings. The standard InChI is InChI=1S/C21H24N4O5S/c1-28-17-10-15-16(11-18(17)30-6-2-3-25-4-7-29-8-5-25)22-13-23-20(15)24-19-9-14(12-31-19)21(26)27/h9-13H,2-8H2,1H3,(H,26,27)(H,22,23,24). The van der Waals surface area contributed by atoms with Crippen molar-refractivity contribution in [2.24, 2.45) is 0 Å². The van der Waals surface area contributed by atoms with Gasteiger partial charge in [-0.1, -0.05) is 0 Å². The first-order valence-electron chi connectivity index (χ1n) is 9.98. The predicted molar refractivity (Wildman–Crippen MR) is 118 cm³/mol. The van der Waals surface area contributed by atoms with E-state index in [4.69, 9.17) is 19.3 Å². The number of carboxylic acids is 1. The molecule has 0 amide bonds. The third-order valence-corrected chi connectivity index (χ3v) is 5.83. The summed E-state index contributed by atoms with van der Waals surface area (Å²) in [6, 6.07) is 5.25. The van der Waals surface area contributed by atoms with Crippen LogP contribution < -0.4 is 14.8 Å². The molecule has 0 aliphatic carbocycles. The van der Waals surface area contributed by atoms with Crippen LogP contribution in [-0.4, -0.2) is 72.5 Å². The molecule has 3 heterocycles. The van der Waals surface area contributed by atoms with Crippen LogP contribution in [0.5, 0.6) is 11.5 Å². The van der Waals surface area contributed by atoms with Crippen LogP contribution >= 0.6 is 11.3 Å². The van der Waals surface area contributed by atoms with Gasteiger partial charge in [0.05, 0.1) is 43.0 Å². The molecule has 0 radical (unpaired) electrons. The smallest absolute Gasteiger partial charge is 0.336 e. The number of aromatic carboxylic acids is 1. The Morgan fingerprint density at radius 2 is 2.10 bits per heavy atom. The molecular weight excluding hydrogens is 420 g/mol. The van der Waals surface area contributed by atoms with Gasteiger partial charge in [0.25, 0.3) is 0 Å². The van der Waals surface area contributed by atoms with Gasteiger partial charge in [0.1, 0.15) is 12.1 Å². The van der Waals surface area contributed by atoms with Gasteiger partial charge in [-0.15, -0.1) is 11.3 Å². The quantitative estimate of drug-likeness (QED) is 0.481. The molecule has 1 aromatic carbocycles. The Balaban J connectivity index is 1.47. The van der Waals surface area contributed by atoms with E-state index in [0.717, 1.165) is 44.7 Å². The third-order valence-electron chi connectivity index (χ3n) is 4.99. The predicted octanol–water partition coefficient (Wildman–Crippen LogP) is 3.24. The Hall–Kier alpha value is -2.95. The van der Waals surface area contributed by atoms with Crippen LogP contribution in [0.4, 0.5) is 10.8 Å². The number of methoxy groups -OCH3 is 1. The molecule has 2 N–H and O–H groups in total. The van der Waals surface area contributed by atoms with Crippen molar-refractivity contribution in [2.45, 2.75) is 6.42 Å². The van der Waals surface area contributed by atoms with Gasteiger partial charge in [-0.05, 0) is 18.6 Å². The van der Waals surface area contributed by atoms with Crippen molar-refractivity contribution < 1.29 is 24.1 Å². The van der Waals surface area contributed by atoms with E-state index < -0.39 is 5.97 Å². The van der Waals surface area contributed by atoms with Gasteiger partial charge in [0, 0.05) is 36.5 Å². The van der Waals surface area contributed by atoms with Crippen molar-refractivity contribution in [3.63, 3.8) is 0 Å². The van der Waals surface area contributed by atoms with Gasteiger partial charge >= 0.3 is 5.97 Å². The van der Waals surface area contributed by atoms with E-state index in [1.54, 1.807) is 18.6 Å². The fraction of sp³-hybridized carbons (Fsp3) is 0.381. The van der Waals surface area contributed by atoms with E-state index in [1.807, 2.05) is 12.1 Å². The number of fused-ring (bicyclic) bond motifs is 1. The molecule has 4 rings (SSSR count). The zero-order chi connectivity index (χ0) is 21.6. The first-order chi connectivity index (χ1) is 15.1. The summed E-state index contributed by atoms with van der Waals surface area (Å²) in [7, 11) is 1.59. The molecule has 31 heavy (non-hydrogen) atoms. The number of anilines is 2. The van der Waals surface area contributed by atoms with Crippen LogP contribution in [0, 0.1) is 0 Å². The minimum atomic E-state index is -0.964. The minimum absolute atomic E-state index is 0.233. The summed E-state index contributed by atoms with van der Waals surface area (Å²) in [4.78, 5) is 22.2. The van der Waals surface area contributed by atoms with Crippen molar-refractivity contribution in [3.05, 3.63) is 35.5 Å². The number of ether oxygens (including phenoxy) is 3. The van der Waals surface area contributed by atoms with Crippen molar-refractivity contribution in [1.82, 2.24) is 14.9 Å². The highest BCUT2D eigenvalue weighted by Crippen LogP contribution is 2.35. The van der Waals surface area contributed by atoms with Crippen LogP contribution in [0.25, 0.3) is 10.9 Å². The molecule has 0 spiro atoms. The summed E-state index contributed by atoms with van der Waals surface area (Å²) < 4.78 is 16.9. The molecule has 10 heteroatoms. The molecule has 1 aliphatic heterocycles. The van der Waals surface area contributed by atoms with Gasteiger partial charge in [0.15, 0.2) is 11.5 Å². The molecule has 0 bridgehead atoms. The molecular formula is C21H24N4O5S. The van der Waals surface area contributed by atoms with Gasteiger partial charge in [-0.3, -0.25) is 4.90 Å². The summed E-state index contributed by atoms with van der Waals surface area (Å²) in [5, 5.41) is 15.3. The Morgan fingerprint density at radius 1 is 1.26 bits per heavy atom. The first-order valence-corrected chi connectivity index (χ1v) is 10.9. The van der Waals surface area contributed by atoms with Gasteiger partial charge < -0.3 is 24.6 Å². The third kappa shape index (κ3) is 5.22. The number of aromatic nitrogens is 2. The Kier molecular flexibility index (Phi) is 6.80. The van der Waals surface area contributed by atoms with E-state index in [1.165, 1.54) is 17.7 Å². The van der Waals surface area contributed by atoms with E-state index >= 15 is 0 Å². The van der Waals surface area contributed by atoms with Crippen LogP contribution in [0.3, 0.4) is 0 Å². The topological polar surface area (TPSA) is 106 Å². The van der Waals surface area contributed by atoms with E-state index in [2.05, 4.69) is 20.2 Å². The molecule has 9 nitrogen and oxygen atoms in total. The van der Waals surface area contributed by atoms with Crippen LogP contribution in [0.2, 0.25) is 0 Å². The van der Waals surface area contributed by atoms with Crippen molar-refractivity contribution in [1.29, 1.82) is 0 Å². The average Bonchev–Trinajstić information content (AvgIpc) is 3.26. The molecule has 1 aliphatic rings. The molecule has 1 saturated heterocycles. The largest absolute Gasteiger partial charge is 0.493 e. The molecule has 1 fully saturated rings. The summed E-state index contributed by atoms with van der Waals surface area (Å²) >= 11 is 1.30. The maximum atomic E-state index is 11.1. The fourth-order valence-corrected chi connectivity index (χ4v) is 4.14. The van der Waals surface area contributed by atoms with Gasteiger partial charge in [-0.25, -0.2) is 14.8 Å². The number of hydrogen-bond donors (Lipinski definition) is 2. The lowest BCUT2D eigenvalue weighted by molar-refractivity contribution is 0.0357.